The van der Waals surface area contributed by atoms with Gasteiger partial charge in [0.15, 0.2) is 0 Å². The normalized spacial score (nSPS) is 10.7. The molecule has 0 aliphatic carbocycles. The van der Waals surface area contributed by atoms with Crippen molar-refractivity contribution in [2.24, 2.45) is 0 Å². The second-order valence-electron chi connectivity index (χ2n) is 5.30. The molecule has 0 fully saturated rings. The van der Waals surface area contributed by atoms with Crippen LogP contribution in [-0.4, -0.2) is 30.5 Å². The number of aryl methyl sites for hydroxylation is 1. The molecule has 0 bridgehead atoms. The molecule has 1 aromatic heterocycles. The lowest BCUT2D eigenvalue weighted by Gasteiger charge is -2.23. The van der Waals surface area contributed by atoms with Crippen LogP contribution in [0, 0.1) is 6.92 Å². The number of carbonyl (C=O) groups excluding carboxylic acids is 1. The molecule has 1 heterocycles. The first-order chi connectivity index (χ1) is 11.2. The van der Waals surface area contributed by atoms with E-state index < -0.39 is 0 Å². The molecule has 2 rings (SSSR count). The van der Waals surface area contributed by atoms with Gasteiger partial charge < -0.3 is 10.2 Å². The van der Waals surface area contributed by atoms with Crippen molar-refractivity contribution in [2.45, 2.75) is 13.8 Å². The van der Waals surface area contributed by atoms with Gasteiger partial charge in [0.2, 0.25) is 5.91 Å². The molecule has 0 aliphatic heterocycles. The van der Waals surface area contributed by atoms with E-state index in [4.69, 9.17) is 0 Å². The fourth-order valence-electron chi connectivity index (χ4n) is 2.30. The van der Waals surface area contributed by atoms with Crippen molar-refractivity contribution in [3.63, 3.8) is 0 Å². The summed E-state index contributed by atoms with van der Waals surface area (Å²) in [5.74, 6) is -0.101. The number of nitrogens with zero attached hydrogens (tertiary/aromatic N) is 2. The van der Waals surface area contributed by atoms with Crippen molar-refractivity contribution < 1.29 is 4.79 Å². The summed E-state index contributed by atoms with van der Waals surface area (Å²) in [6.07, 6.45) is 4.94. The fraction of sp³-hybridized carbons (Fsp3) is 0.263. The SMILES string of the molecule is CCN(CCNC(=O)C=Cc1ccccn1)c1cccc(C)c1. The first kappa shape index (κ1) is 16.7. The predicted molar refractivity (Wildman–Crippen MR) is 95.3 cm³/mol. The molecule has 23 heavy (non-hydrogen) atoms. The van der Waals surface area contributed by atoms with E-state index in [9.17, 15) is 4.79 Å². The third-order valence-electron chi connectivity index (χ3n) is 3.52. The highest BCUT2D eigenvalue weighted by atomic mass is 16.1. The minimum Gasteiger partial charge on any atom is -0.370 e. The molecular formula is C19H23N3O. The number of anilines is 1. The number of aromatic nitrogens is 1. The van der Waals surface area contributed by atoms with E-state index in [0.717, 1.165) is 18.8 Å². The number of hydrogen-bond acceptors (Lipinski definition) is 3. The summed E-state index contributed by atoms with van der Waals surface area (Å²) >= 11 is 0. The zero-order valence-electron chi connectivity index (χ0n) is 13.7. The number of likely N-dealkylation sites (N-methyl/N-ethyl adjacent to an activating group) is 1. The average Bonchev–Trinajstić information content (AvgIpc) is 2.58. The number of pyridine rings is 1. The Labute approximate surface area is 137 Å². The molecular weight excluding hydrogens is 286 g/mol. The van der Waals surface area contributed by atoms with E-state index in [1.165, 1.54) is 17.3 Å². The lowest BCUT2D eigenvalue weighted by molar-refractivity contribution is -0.116. The Hall–Kier alpha value is -2.62. The van der Waals surface area contributed by atoms with E-state index >= 15 is 0 Å². The van der Waals surface area contributed by atoms with Crippen molar-refractivity contribution in [3.8, 4) is 0 Å². The van der Waals surface area contributed by atoms with Gasteiger partial charge in [0, 0.05) is 37.6 Å². The molecule has 0 spiro atoms. The Morgan fingerprint density at radius 1 is 1.26 bits per heavy atom. The summed E-state index contributed by atoms with van der Waals surface area (Å²) in [7, 11) is 0. The predicted octanol–water partition coefficient (Wildman–Crippen LogP) is 3.05. The van der Waals surface area contributed by atoms with Crippen LogP contribution in [0.5, 0.6) is 0 Å². The first-order valence-corrected chi connectivity index (χ1v) is 7.87. The zero-order chi connectivity index (χ0) is 16.5. The van der Waals surface area contributed by atoms with E-state index in [-0.39, 0.29) is 5.91 Å². The molecule has 0 aliphatic rings. The summed E-state index contributed by atoms with van der Waals surface area (Å²) < 4.78 is 0. The number of benzene rings is 1. The number of carbonyl (C=O) groups is 1. The van der Waals surface area contributed by atoms with Crippen LogP contribution in [0.3, 0.4) is 0 Å². The van der Waals surface area contributed by atoms with Gasteiger partial charge in [0.05, 0.1) is 5.69 Å². The smallest absolute Gasteiger partial charge is 0.244 e. The maximum absolute atomic E-state index is 11.8. The highest BCUT2D eigenvalue weighted by Gasteiger charge is 2.04. The lowest BCUT2D eigenvalue weighted by Crippen LogP contribution is -2.34. The highest BCUT2D eigenvalue weighted by molar-refractivity contribution is 5.91. The topological polar surface area (TPSA) is 45.2 Å². The average molecular weight is 309 g/mol. The van der Waals surface area contributed by atoms with Crippen molar-refractivity contribution in [2.75, 3.05) is 24.5 Å². The summed E-state index contributed by atoms with van der Waals surface area (Å²) in [6, 6.07) is 14.0. The van der Waals surface area contributed by atoms with Crippen molar-refractivity contribution in [3.05, 3.63) is 66.0 Å². The van der Waals surface area contributed by atoms with Gasteiger partial charge in [-0.05, 0) is 49.8 Å². The molecule has 4 nitrogen and oxygen atoms in total. The van der Waals surface area contributed by atoms with Crippen molar-refractivity contribution in [1.29, 1.82) is 0 Å². The summed E-state index contributed by atoms with van der Waals surface area (Å²) in [4.78, 5) is 18.2. The minimum atomic E-state index is -0.101. The Bertz CT molecular complexity index is 653. The van der Waals surface area contributed by atoms with Crippen molar-refractivity contribution >= 4 is 17.7 Å². The molecule has 0 atom stereocenters. The minimum absolute atomic E-state index is 0.101. The quantitative estimate of drug-likeness (QED) is 0.800. The van der Waals surface area contributed by atoms with Crippen LogP contribution in [0.25, 0.3) is 6.08 Å². The molecule has 1 N–H and O–H groups in total. The van der Waals surface area contributed by atoms with Crippen LogP contribution in [0.15, 0.2) is 54.7 Å². The van der Waals surface area contributed by atoms with Gasteiger partial charge in [0.1, 0.15) is 0 Å². The first-order valence-electron chi connectivity index (χ1n) is 7.87. The van der Waals surface area contributed by atoms with E-state index in [1.807, 2.05) is 18.2 Å². The largest absolute Gasteiger partial charge is 0.370 e. The van der Waals surface area contributed by atoms with Gasteiger partial charge in [-0.1, -0.05) is 18.2 Å². The molecule has 0 unspecified atom stereocenters. The molecule has 1 amide bonds. The maximum atomic E-state index is 11.8. The van der Waals surface area contributed by atoms with Gasteiger partial charge in [-0.25, -0.2) is 0 Å². The number of nitrogens with one attached hydrogen (secondary N) is 1. The van der Waals surface area contributed by atoms with Gasteiger partial charge in [-0.2, -0.15) is 0 Å². The number of amides is 1. The fourth-order valence-corrected chi connectivity index (χ4v) is 2.30. The number of rotatable bonds is 7. The third-order valence-corrected chi connectivity index (χ3v) is 3.52. The number of hydrogen-bond donors (Lipinski definition) is 1. The highest BCUT2D eigenvalue weighted by Crippen LogP contribution is 2.14. The third kappa shape index (κ3) is 5.58. The summed E-state index contributed by atoms with van der Waals surface area (Å²) in [6.45, 7) is 6.49. The van der Waals surface area contributed by atoms with E-state index in [2.05, 4.69) is 53.3 Å². The molecule has 120 valence electrons. The van der Waals surface area contributed by atoms with Gasteiger partial charge in [0.25, 0.3) is 0 Å². The summed E-state index contributed by atoms with van der Waals surface area (Å²) in [5.41, 5.74) is 3.20. The maximum Gasteiger partial charge on any atom is 0.244 e. The Kier molecular flexibility index (Phi) is 6.36. The van der Waals surface area contributed by atoms with Gasteiger partial charge in [-0.15, -0.1) is 0 Å². The standard InChI is InChI=1S/C19H23N3O/c1-3-22(18-9-6-7-16(2)15-18)14-13-21-19(23)11-10-17-8-4-5-12-20-17/h4-12,15H,3,13-14H2,1-2H3,(H,21,23). The Balaban J connectivity index is 1.81. The molecule has 1 aromatic carbocycles. The van der Waals surface area contributed by atoms with E-state index in [0.29, 0.717) is 6.54 Å². The second kappa shape index (κ2) is 8.73. The molecule has 0 saturated carbocycles. The monoisotopic (exact) mass is 309 g/mol. The van der Waals surface area contributed by atoms with Crippen LogP contribution >= 0.6 is 0 Å². The molecule has 0 saturated heterocycles. The second-order valence-corrected chi connectivity index (χ2v) is 5.30. The van der Waals surface area contributed by atoms with Gasteiger partial charge >= 0.3 is 0 Å². The van der Waals surface area contributed by atoms with Crippen LogP contribution in [0.4, 0.5) is 5.69 Å². The van der Waals surface area contributed by atoms with Crippen LogP contribution < -0.4 is 10.2 Å². The van der Waals surface area contributed by atoms with Gasteiger partial charge in [-0.3, -0.25) is 9.78 Å². The summed E-state index contributed by atoms with van der Waals surface area (Å²) in [5, 5.41) is 2.91. The Morgan fingerprint density at radius 3 is 2.83 bits per heavy atom. The van der Waals surface area contributed by atoms with Crippen LogP contribution in [0.2, 0.25) is 0 Å². The van der Waals surface area contributed by atoms with Crippen LogP contribution in [-0.2, 0) is 4.79 Å². The van der Waals surface area contributed by atoms with E-state index in [1.54, 1.807) is 12.3 Å². The van der Waals surface area contributed by atoms with Crippen molar-refractivity contribution in [1.82, 2.24) is 10.3 Å². The lowest BCUT2D eigenvalue weighted by atomic mass is 10.2. The zero-order valence-corrected chi connectivity index (χ0v) is 13.7. The Morgan fingerprint density at radius 2 is 2.13 bits per heavy atom. The molecule has 4 heteroatoms. The molecule has 2 aromatic rings. The van der Waals surface area contributed by atoms with Crippen LogP contribution in [0.1, 0.15) is 18.2 Å². The molecule has 0 radical (unpaired) electrons.